The van der Waals surface area contributed by atoms with Crippen LogP contribution in [0.3, 0.4) is 0 Å². The first-order chi connectivity index (χ1) is 10.8. The summed E-state index contributed by atoms with van der Waals surface area (Å²) in [4.78, 5) is 17.5. The van der Waals surface area contributed by atoms with Crippen LogP contribution >= 0.6 is 0 Å². The van der Waals surface area contributed by atoms with Gasteiger partial charge in [-0.2, -0.15) is 0 Å². The number of amides is 1. The van der Waals surface area contributed by atoms with Crippen molar-refractivity contribution in [3.63, 3.8) is 0 Å². The Hall–Kier alpha value is -1.55. The van der Waals surface area contributed by atoms with Crippen molar-refractivity contribution < 1.29 is 9.53 Å². The zero-order chi connectivity index (χ0) is 14.9. The topological polar surface area (TPSA) is 32.8 Å². The third-order valence-corrected chi connectivity index (χ3v) is 5.25. The highest BCUT2D eigenvalue weighted by atomic mass is 16.5. The van der Waals surface area contributed by atoms with Crippen molar-refractivity contribution in [1.29, 1.82) is 0 Å². The summed E-state index contributed by atoms with van der Waals surface area (Å²) in [6.07, 6.45) is 5.30. The Labute approximate surface area is 132 Å². The Morgan fingerprint density at radius 3 is 2.77 bits per heavy atom. The number of likely N-dealkylation sites (tertiary alicyclic amines) is 2. The lowest BCUT2D eigenvalue weighted by molar-refractivity contribution is -0.139. The molecule has 0 N–H and O–H groups in total. The van der Waals surface area contributed by atoms with Crippen LogP contribution in [0.4, 0.5) is 0 Å². The van der Waals surface area contributed by atoms with Crippen LogP contribution in [0.15, 0.2) is 24.3 Å². The average molecular weight is 300 g/mol. The van der Waals surface area contributed by atoms with Gasteiger partial charge in [-0.3, -0.25) is 4.79 Å². The quantitative estimate of drug-likeness (QED) is 0.857. The molecule has 3 aliphatic rings. The van der Waals surface area contributed by atoms with Crippen molar-refractivity contribution in [1.82, 2.24) is 9.80 Å². The van der Waals surface area contributed by atoms with Crippen LogP contribution < -0.4 is 4.74 Å². The molecule has 1 aromatic rings. The van der Waals surface area contributed by atoms with Crippen molar-refractivity contribution >= 4 is 5.91 Å². The largest absolute Gasteiger partial charge is 0.480 e. The lowest BCUT2D eigenvalue weighted by Crippen LogP contribution is -2.47. The van der Waals surface area contributed by atoms with Gasteiger partial charge in [-0.05, 0) is 50.4 Å². The number of rotatable bonds is 3. The summed E-state index contributed by atoms with van der Waals surface area (Å²) in [7, 11) is 0. The number of carbonyl (C=O) groups is 1. The van der Waals surface area contributed by atoms with E-state index in [-0.39, 0.29) is 12.0 Å². The lowest BCUT2D eigenvalue weighted by atomic mass is 10.1. The normalized spacial score (nSPS) is 27.9. The molecule has 0 saturated carbocycles. The minimum atomic E-state index is -0.309. The molecule has 0 aromatic heterocycles. The third kappa shape index (κ3) is 2.60. The minimum Gasteiger partial charge on any atom is -0.480 e. The van der Waals surface area contributed by atoms with Crippen molar-refractivity contribution in [2.45, 2.75) is 44.2 Å². The Morgan fingerprint density at radius 1 is 1.14 bits per heavy atom. The molecule has 1 aromatic carbocycles. The van der Waals surface area contributed by atoms with Gasteiger partial charge in [-0.15, -0.1) is 0 Å². The van der Waals surface area contributed by atoms with E-state index in [0.29, 0.717) is 6.04 Å². The maximum Gasteiger partial charge on any atom is 0.264 e. The van der Waals surface area contributed by atoms with Crippen LogP contribution in [0.25, 0.3) is 0 Å². The highest BCUT2D eigenvalue weighted by Gasteiger charge is 2.37. The predicted molar refractivity (Wildman–Crippen MR) is 85.0 cm³/mol. The second kappa shape index (κ2) is 5.92. The Bertz CT molecular complexity index is 529. The molecule has 1 amide bonds. The summed E-state index contributed by atoms with van der Waals surface area (Å²) in [5, 5.41) is 0. The van der Waals surface area contributed by atoms with Crippen LogP contribution in [0, 0.1) is 0 Å². The molecule has 4 rings (SSSR count). The van der Waals surface area contributed by atoms with Crippen LogP contribution in [0.5, 0.6) is 5.75 Å². The molecule has 0 bridgehead atoms. The Balaban J connectivity index is 1.41. The van der Waals surface area contributed by atoms with Crippen molar-refractivity contribution in [2.75, 3.05) is 26.2 Å². The molecule has 22 heavy (non-hydrogen) atoms. The second-order valence-electron chi connectivity index (χ2n) is 6.75. The van der Waals surface area contributed by atoms with Gasteiger partial charge < -0.3 is 14.5 Å². The summed E-state index contributed by atoms with van der Waals surface area (Å²) in [5.41, 5.74) is 1.16. The van der Waals surface area contributed by atoms with Crippen LogP contribution in [-0.4, -0.2) is 54.0 Å². The molecule has 2 saturated heterocycles. The van der Waals surface area contributed by atoms with E-state index in [1.807, 2.05) is 18.2 Å². The summed E-state index contributed by atoms with van der Waals surface area (Å²) in [5.74, 6) is 1.08. The van der Waals surface area contributed by atoms with Crippen LogP contribution in [-0.2, 0) is 11.2 Å². The fraction of sp³-hybridized carbons (Fsp3) is 0.611. The van der Waals surface area contributed by atoms with E-state index < -0.39 is 0 Å². The first kappa shape index (κ1) is 14.1. The second-order valence-corrected chi connectivity index (χ2v) is 6.75. The van der Waals surface area contributed by atoms with E-state index in [2.05, 4.69) is 15.9 Å². The van der Waals surface area contributed by atoms with Gasteiger partial charge in [0, 0.05) is 25.6 Å². The molecule has 118 valence electrons. The van der Waals surface area contributed by atoms with E-state index in [1.54, 1.807) is 0 Å². The zero-order valence-electron chi connectivity index (χ0n) is 13.0. The Kier molecular flexibility index (Phi) is 3.78. The molecule has 3 heterocycles. The summed E-state index contributed by atoms with van der Waals surface area (Å²) in [6.45, 7) is 4.34. The molecular formula is C18H24N2O2. The van der Waals surface area contributed by atoms with E-state index in [4.69, 9.17) is 4.74 Å². The monoisotopic (exact) mass is 300 g/mol. The zero-order valence-corrected chi connectivity index (χ0v) is 13.0. The summed E-state index contributed by atoms with van der Waals surface area (Å²) < 4.78 is 5.89. The van der Waals surface area contributed by atoms with Gasteiger partial charge in [0.15, 0.2) is 6.10 Å². The van der Waals surface area contributed by atoms with Gasteiger partial charge >= 0.3 is 0 Å². The molecular weight excluding hydrogens is 276 g/mol. The van der Waals surface area contributed by atoms with E-state index >= 15 is 0 Å². The number of nitrogens with zero attached hydrogens (tertiary/aromatic N) is 2. The van der Waals surface area contributed by atoms with E-state index in [9.17, 15) is 4.79 Å². The fourth-order valence-electron chi connectivity index (χ4n) is 4.08. The van der Waals surface area contributed by atoms with E-state index in [0.717, 1.165) is 43.7 Å². The molecule has 2 fully saturated rings. The first-order valence-electron chi connectivity index (χ1n) is 8.58. The van der Waals surface area contributed by atoms with Crippen molar-refractivity contribution in [3.8, 4) is 5.75 Å². The summed E-state index contributed by atoms with van der Waals surface area (Å²) in [6, 6.07) is 8.40. The highest BCUT2D eigenvalue weighted by molar-refractivity contribution is 5.83. The molecule has 0 aliphatic carbocycles. The molecule has 2 atom stereocenters. The molecule has 0 radical (unpaired) electrons. The van der Waals surface area contributed by atoms with Gasteiger partial charge in [-0.1, -0.05) is 18.2 Å². The number of fused-ring (bicyclic) bond motifs is 1. The number of carbonyl (C=O) groups excluding carboxylic acids is 1. The fourth-order valence-corrected chi connectivity index (χ4v) is 4.08. The molecule has 3 aliphatic heterocycles. The SMILES string of the molecule is O=C([C@H]1Cc2ccccc2O1)N1CCC[C@H]1CN1CCCC1. The number of hydrogen-bond donors (Lipinski definition) is 0. The highest BCUT2D eigenvalue weighted by Crippen LogP contribution is 2.30. The van der Waals surface area contributed by atoms with Gasteiger partial charge in [0.1, 0.15) is 5.75 Å². The predicted octanol–water partition coefficient (Wildman–Crippen LogP) is 2.08. The number of ether oxygens (including phenoxy) is 1. The number of hydrogen-bond acceptors (Lipinski definition) is 3. The van der Waals surface area contributed by atoms with Crippen molar-refractivity contribution in [3.05, 3.63) is 29.8 Å². The molecule has 4 nitrogen and oxygen atoms in total. The van der Waals surface area contributed by atoms with Gasteiger partial charge in [0.25, 0.3) is 5.91 Å². The van der Waals surface area contributed by atoms with Crippen molar-refractivity contribution in [2.24, 2.45) is 0 Å². The van der Waals surface area contributed by atoms with Gasteiger partial charge in [-0.25, -0.2) is 0 Å². The molecule has 0 spiro atoms. The van der Waals surface area contributed by atoms with Crippen LogP contribution in [0.2, 0.25) is 0 Å². The molecule has 0 unspecified atom stereocenters. The maximum absolute atomic E-state index is 12.9. The van der Waals surface area contributed by atoms with Gasteiger partial charge in [0.05, 0.1) is 0 Å². The smallest absolute Gasteiger partial charge is 0.264 e. The van der Waals surface area contributed by atoms with Gasteiger partial charge in [0.2, 0.25) is 0 Å². The number of benzene rings is 1. The molecule has 4 heteroatoms. The standard InChI is InChI=1S/C18H24N2O2/c21-18(17-12-14-6-1-2-8-16(14)22-17)20-11-5-7-15(20)13-19-9-3-4-10-19/h1-2,6,8,15,17H,3-5,7,9-13H2/t15-,17+/m0/s1. The average Bonchev–Trinajstić information content (AvgIpc) is 3.27. The maximum atomic E-state index is 12.9. The van der Waals surface area contributed by atoms with E-state index in [1.165, 1.54) is 25.9 Å². The Morgan fingerprint density at radius 2 is 1.95 bits per heavy atom. The first-order valence-corrected chi connectivity index (χ1v) is 8.58. The minimum absolute atomic E-state index is 0.192. The summed E-state index contributed by atoms with van der Waals surface area (Å²) >= 11 is 0. The third-order valence-electron chi connectivity index (χ3n) is 5.25. The lowest BCUT2D eigenvalue weighted by Gasteiger charge is -2.30. The number of para-hydroxylation sites is 1. The van der Waals surface area contributed by atoms with Crippen LogP contribution in [0.1, 0.15) is 31.2 Å².